The van der Waals surface area contributed by atoms with E-state index in [4.69, 9.17) is 0 Å². The highest BCUT2D eigenvalue weighted by atomic mass is 19.1. The molecule has 0 bridgehead atoms. The highest BCUT2D eigenvalue weighted by Crippen LogP contribution is 2.30. The fourth-order valence-corrected chi connectivity index (χ4v) is 3.55. The standard InChI is InChI=1S/C27H32FN3O2/c1-4-6-22(17-32)26(29-5-2)21-11-12-25(30-15-19-9-10-19)23(14-21)27(33)31-16-20-8-7-18(3)24(28)13-20/h5-8,11-14,19,30,32H,2,4,9-10,15-17H2,1,3H3,(H,31,33)/b22-6-,29-26?. The molecular weight excluding hydrogens is 417 g/mol. The van der Waals surface area contributed by atoms with E-state index >= 15 is 0 Å². The summed E-state index contributed by atoms with van der Waals surface area (Å²) in [5.74, 6) is 0.0849. The van der Waals surface area contributed by atoms with Gasteiger partial charge in [-0.25, -0.2) is 4.39 Å². The van der Waals surface area contributed by atoms with Crippen LogP contribution in [0.3, 0.4) is 0 Å². The lowest BCUT2D eigenvalue weighted by molar-refractivity contribution is 0.0951. The molecule has 3 N–H and O–H groups in total. The van der Waals surface area contributed by atoms with E-state index in [9.17, 15) is 14.3 Å². The number of nitrogens with one attached hydrogen (secondary N) is 2. The molecule has 1 amide bonds. The third-order valence-corrected chi connectivity index (χ3v) is 5.65. The highest BCUT2D eigenvalue weighted by molar-refractivity contribution is 6.14. The van der Waals surface area contributed by atoms with Gasteiger partial charge in [-0.3, -0.25) is 9.79 Å². The van der Waals surface area contributed by atoms with Gasteiger partial charge in [0, 0.05) is 30.5 Å². The summed E-state index contributed by atoms with van der Waals surface area (Å²) in [7, 11) is 0. The van der Waals surface area contributed by atoms with Crippen LogP contribution in [0.4, 0.5) is 10.1 Å². The number of amides is 1. The van der Waals surface area contributed by atoms with Crippen molar-refractivity contribution >= 4 is 17.3 Å². The summed E-state index contributed by atoms with van der Waals surface area (Å²) in [5.41, 5.74) is 4.45. The molecule has 1 aliphatic rings. The van der Waals surface area contributed by atoms with Gasteiger partial charge < -0.3 is 15.7 Å². The minimum absolute atomic E-state index is 0.164. The zero-order chi connectivity index (χ0) is 23.8. The number of hydrogen-bond acceptors (Lipinski definition) is 4. The predicted molar refractivity (Wildman–Crippen MR) is 132 cm³/mol. The number of halogens is 1. The first-order chi connectivity index (χ1) is 16.0. The highest BCUT2D eigenvalue weighted by Gasteiger charge is 2.22. The van der Waals surface area contributed by atoms with Gasteiger partial charge in [0.15, 0.2) is 0 Å². The monoisotopic (exact) mass is 449 g/mol. The Hall–Kier alpha value is -3.25. The molecule has 2 aromatic rings. The van der Waals surface area contributed by atoms with Gasteiger partial charge in [0.05, 0.1) is 17.9 Å². The number of carbonyl (C=O) groups is 1. The van der Waals surface area contributed by atoms with Gasteiger partial charge in [0.1, 0.15) is 5.82 Å². The number of anilines is 1. The molecule has 0 radical (unpaired) electrons. The lowest BCUT2D eigenvalue weighted by atomic mass is 9.98. The van der Waals surface area contributed by atoms with Gasteiger partial charge in [0.2, 0.25) is 0 Å². The third kappa shape index (κ3) is 6.62. The average molecular weight is 450 g/mol. The molecule has 0 unspecified atom stereocenters. The third-order valence-electron chi connectivity index (χ3n) is 5.65. The molecule has 0 aliphatic heterocycles. The molecule has 174 valence electrons. The van der Waals surface area contributed by atoms with E-state index < -0.39 is 0 Å². The van der Waals surface area contributed by atoms with Crippen LogP contribution >= 0.6 is 0 Å². The number of hydrogen-bond donors (Lipinski definition) is 3. The quantitative estimate of drug-likeness (QED) is 0.416. The lowest BCUT2D eigenvalue weighted by Gasteiger charge is -2.16. The number of aliphatic hydroxyl groups excluding tert-OH is 1. The second-order valence-corrected chi connectivity index (χ2v) is 8.31. The first-order valence-electron chi connectivity index (χ1n) is 11.4. The summed E-state index contributed by atoms with van der Waals surface area (Å²) in [5, 5.41) is 16.1. The average Bonchev–Trinajstić information content (AvgIpc) is 3.65. The Morgan fingerprint density at radius 2 is 2.06 bits per heavy atom. The number of aryl methyl sites for hydroxylation is 1. The van der Waals surface area contributed by atoms with Crippen LogP contribution in [0.15, 0.2) is 65.8 Å². The molecule has 1 aliphatic carbocycles. The van der Waals surface area contributed by atoms with Gasteiger partial charge in [-0.1, -0.05) is 37.8 Å². The first kappa shape index (κ1) is 24.4. The van der Waals surface area contributed by atoms with Gasteiger partial charge >= 0.3 is 0 Å². The van der Waals surface area contributed by atoms with Crippen molar-refractivity contribution in [3.05, 3.63) is 88.9 Å². The summed E-state index contributed by atoms with van der Waals surface area (Å²) in [6, 6.07) is 10.5. The van der Waals surface area contributed by atoms with E-state index in [-0.39, 0.29) is 24.9 Å². The zero-order valence-electron chi connectivity index (χ0n) is 19.3. The van der Waals surface area contributed by atoms with Crippen LogP contribution in [-0.2, 0) is 6.54 Å². The molecular formula is C27H32FN3O2. The van der Waals surface area contributed by atoms with Crippen molar-refractivity contribution in [3.63, 3.8) is 0 Å². The van der Waals surface area contributed by atoms with Crippen molar-refractivity contribution in [2.75, 3.05) is 18.5 Å². The largest absolute Gasteiger partial charge is 0.392 e. The van der Waals surface area contributed by atoms with Crippen molar-refractivity contribution in [2.45, 2.75) is 39.7 Å². The summed E-state index contributed by atoms with van der Waals surface area (Å²) in [6.45, 7) is 8.25. The van der Waals surface area contributed by atoms with Crippen LogP contribution in [0.2, 0.25) is 0 Å². The molecule has 6 heteroatoms. The number of allylic oxidation sites excluding steroid dienone is 1. The second kappa shape index (κ2) is 11.6. The van der Waals surface area contributed by atoms with E-state index in [1.807, 2.05) is 25.1 Å². The molecule has 3 rings (SSSR count). The number of rotatable bonds is 11. The minimum Gasteiger partial charge on any atom is -0.392 e. The maximum atomic E-state index is 13.9. The molecule has 0 atom stereocenters. The Morgan fingerprint density at radius 1 is 1.27 bits per heavy atom. The van der Waals surface area contributed by atoms with Crippen LogP contribution in [0.1, 0.15) is 53.2 Å². The fourth-order valence-electron chi connectivity index (χ4n) is 3.55. The smallest absolute Gasteiger partial charge is 0.253 e. The zero-order valence-corrected chi connectivity index (χ0v) is 19.3. The Bertz CT molecular complexity index is 1070. The predicted octanol–water partition coefficient (Wildman–Crippen LogP) is 5.15. The second-order valence-electron chi connectivity index (χ2n) is 8.31. The lowest BCUT2D eigenvalue weighted by Crippen LogP contribution is -2.25. The van der Waals surface area contributed by atoms with Gasteiger partial charge in [0.25, 0.3) is 5.91 Å². The number of aliphatic imine (C=N–C) groups is 1. The Balaban J connectivity index is 1.90. The molecule has 0 aromatic heterocycles. The SMILES string of the molecule is C=CN=C(/C(=C\CC)CO)c1ccc(NCC2CC2)c(C(=O)NCc2ccc(C)c(F)c2)c1. The number of aliphatic hydroxyl groups is 1. The van der Waals surface area contributed by atoms with E-state index in [1.165, 1.54) is 25.1 Å². The summed E-state index contributed by atoms with van der Waals surface area (Å²) < 4.78 is 13.9. The summed E-state index contributed by atoms with van der Waals surface area (Å²) in [4.78, 5) is 17.5. The molecule has 5 nitrogen and oxygen atoms in total. The van der Waals surface area contributed by atoms with Crippen molar-refractivity contribution in [1.29, 1.82) is 0 Å². The Morgan fingerprint density at radius 3 is 2.70 bits per heavy atom. The summed E-state index contributed by atoms with van der Waals surface area (Å²) >= 11 is 0. The normalized spacial score (nSPS) is 14.2. The molecule has 0 heterocycles. The Labute approximate surface area is 195 Å². The molecule has 33 heavy (non-hydrogen) atoms. The van der Waals surface area contributed by atoms with Crippen molar-refractivity contribution in [1.82, 2.24) is 5.32 Å². The fraction of sp³-hybridized carbons (Fsp3) is 0.333. The van der Waals surface area contributed by atoms with E-state index in [0.29, 0.717) is 39.5 Å². The maximum Gasteiger partial charge on any atom is 0.253 e. The van der Waals surface area contributed by atoms with E-state index in [2.05, 4.69) is 22.2 Å². The molecule has 0 spiro atoms. The van der Waals surface area contributed by atoms with Crippen LogP contribution in [0.5, 0.6) is 0 Å². The van der Waals surface area contributed by atoms with Crippen LogP contribution < -0.4 is 10.6 Å². The number of nitrogens with zero attached hydrogens (tertiary/aromatic N) is 1. The topological polar surface area (TPSA) is 73.7 Å². The van der Waals surface area contributed by atoms with Gasteiger partial charge in [-0.2, -0.15) is 0 Å². The van der Waals surface area contributed by atoms with Crippen LogP contribution in [0.25, 0.3) is 0 Å². The first-order valence-corrected chi connectivity index (χ1v) is 11.4. The molecule has 0 saturated heterocycles. The van der Waals surface area contributed by atoms with Crippen LogP contribution in [0, 0.1) is 18.7 Å². The molecule has 2 aromatic carbocycles. The molecule has 1 fully saturated rings. The van der Waals surface area contributed by atoms with Crippen LogP contribution in [-0.4, -0.2) is 29.9 Å². The number of carbonyl (C=O) groups excluding carboxylic acids is 1. The summed E-state index contributed by atoms with van der Waals surface area (Å²) in [6.07, 6.45) is 6.48. The van der Waals surface area contributed by atoms with Gasteiger partial charge in [-0.05, 0) is 67.0 Å². The number of benzene rings is 2. The van der Waals surface area contributed by atoms with Crippen molar-refractivity contribution in [2.24, 2.45) is 10.9 Å². The maximum absolute atomic E-state index is 13.9. The van der Waals surface area contributed by atoms with Crippen molar-refractivity contribution in [3.8, 4) is 0 Å². The molecule has 1 saturated carbocycles. The minimum atomic E-state index is -0.292. The van der Waals surface area contributed by atoms with E-state index in [1.54, 1.807) is 25.1 Å². The Kier molecular flexibility index (Phi) is 8.55. The van der Waals surface area contributed by atoms with E-state index in [0.717, 1.165) is 18.7 Å². The van der Waals surface area contributed by atoms with Gasteiger partial charge in [-0.15, -0.1) is 0 Å². The van der Waals surface area contributed by atoms with Crippen molar-refractivity contribution < 1.29 is 14.3 Å².